The van der Waals surface area contributed by atoms with E-state index in [1.807, 2.05) is 0 Å². The van der Waals surface area contributed by atoms with Crippen LogP contribution in [0, 0.1) is 5.92 Å². The Kier molecular flexibility index (Phi) is 3.82. The van der Waals surface area contributed by atoms with Gasteiger partial charge in [0.25, 0.3) is 5.56 Å². The van der Waals surface area contributed by atoms with E-state index in [-0.39, 0.29) is 12.1 Å². The molecule has 18 heavy (non-hydrogen) atoms. The molecule has 0 aliphatic heterocycles. The van der Waals surface area contributed by atoms with Gasteiger partial charge in [-0.25, -0.2) is 4.98 Å². The predicted octanol–water partition coefficient (Wildman–Crippen LogP) is 1.28. The molecule has 1 fully saturated rings. The first kappa shape index (κ1) is 13.2. The van der Waals surface area contributed by atoms with Crippen molar-refractivity contribution in [1.82, 2.24) is 9.97 Å². The van der Waals surface area contributed by atoms with Crippen molar-refractivity contribution in [2.45, 2.75) is 44.8 Å². The van der Waals surface area contributed by atoms with E-state index in [4.69, 9.17) is 10.5 Å². The number of nitrogens with two attached hydrogens (primary N) is 1. The summed E-state index contributed by atoms with van der Waals surface area (Å²) in [5.41, 5.74) is 5.39. The number of aromatic amines is 1. The highest BCUT2D eigenvalue weighted by Gasteiger charge is 2.38. The van der Waals surface area contributed by atoms with Crippen LogP contribution >= 0.6 is 0 Å². The molecule has 100 valence electrons. The Balaban J connectivity index is 2.38. The second-order valence-corrected chi connectivity index (χ2v) is 5.19. The number of nitrogens with one attached hydrogen (secondary N) is 1. The maximum Gasteiger partial charge on any atom is 0.255 e. The highest BCUT2D eigenvalue weighted by Crippen LogP contribution is 2.40. The molecule has 5 heteroatoms. The van der Waals surface area contributed by atoms with Gasteiger partial charge in [-0.15, -0.1) is 0 Å². The predicted molar refractivity (Wildman–Crippen MR) is 69.1 cm³/mol. The van der Waals surface area contributed by atoms with Crippen LogP contribution in [0.2, 0.25) is 0 Å². The molecule has 0 spiro atoms. The van der Waals surface area contributed by atoms with Crippen LogP contribution in [0.3, 0.4) is 0 Å². The maximum absolute atomic E-state index is 11.8. The molecule has 0 radical (unpaired) electrons. The molecule has 1 aliphatic carbocycles. The van der Waals surface area contributed by atoms with Gasteiger partial charge >= 0.3 is 0 Å². The van der Waals surface area contributed by atoms with Gasteiger partial charge in [-0.1, -0.05) is 13.3 Å². The normalized spacial score (nSPS) is 28.3. The summed E-state index contributed by atoms with van der Waals surface area (Å²) in [5.74, 6) is 1.22. The second kappa shape index (κ2) is 5.20. The van der Waals surface area contributed by atoms with Crippen LogP contribution in [0.4, 0.5) is 0 Å². The average molecular weight is 251 g/mol. The fourth-order valence-corrected chi connectivity index (χ4v) is 2.80. The largest absolute Gasteiger partial charge is 0.370 e. The molecule has 0 aromatic carbocycles. The van der Waals surface area contributed by atoms with Crippen molar-refractivity contribution in [1.29, 1.82) is 0 Å². The fraction of sp³-hybridized carbons (Fsp3) is 0.692. The van der Waals surface area contributed by atoms with Crippen molar-refractivity contribution in [2.24, 2.45) is 11.7 Å². The van der Waals surface area contributed by atoms with Gasteiger partial charge in [0.05, 0.1) is 0 Å². The Hall–Kier alpha value is -1.20. The van der Waals surface area contributed by atoms with Crippen LogP contribution in [0.25, 0.3) is 0 Å². The molecule has 0 amide bonds. The standard InChI is InChI=1S/C13H21N3O2/c1-9-4-3-5-13(6-9,18-2)12-15-8-10(7-14)11(17)16-12/h8-9H,3-7,14H2,1-2H3,(H,15,16,17). The van der Waals surface area contributed by atoms with Crippen molar-refractivity contribution in [3.8, 4) is 0 Å². The molecule has 0 bridgehead atoms. The summed E-state index contributed by atoms with van der Waals surface area (Å²) in [4.78, 5) is 19.0. The first-order valence-corrected chi connectivity index (χ1v) is 6.45. The molecule has 1 saturated carbocycles. The van der Waals surface area contributed by atoms with Gasteiger partial charge < -0.3 is 15.5 Å². The Morgan fingerprint density at radius 3 is 3.00 bits per heavy atom. The quantitative estimate of drug-likeness (QED) is 0.848. The second-order valence-electron chi connectivity index (χ2n) is 5.19. The number of hydrogen-bond donors (Lipinski definition) is 2. The summed E-state index contributed by atoms with van der Waals surface area (Å²) in [7, 11) is 1.69. The summed E-state index contributed by atoms with van der Waals surface area (Å²) in [6.45, 7) is 2.41. The lowest BCUT2D eigenvalue weighted by molar-refractivity contribution is -0.0648. The van der Waals surface area contributed by atoms with Crippen LogP contribution in [0.1, 0.15) is 44.0 Å². The summed E-state index contributed by atoms with van der Waals surface area (Å²) in [6.07, 6.45) is 5.66. The lowest BCUT2D eigenvalue weighted by Gasteiger charge is -2.37. The lowest BCUT2D eigenvalue weighted by atomic mass is 9.78. The fourth-order valence-electron chi connectivity index (χ4n) is 2.80. The third-order valence-electron chi connectivity index (χ3n) is 3.87. The molecule has 1 heterocycles. The van der Waals surface area contributed by atoms with Crippen molar-refractivity contribution >= 4 is 0 Å². The Morgan fingerprint density at radius 2 is 2.44 bits per heavy atom. The molecule has 0 saturated heterocycles. The van der Waals surface area contributed by atoms with Crippen molar-refractivity contribution < 1.29 is 4.74 Å². The highest BCUT2D eigenvalue weighted by atomic mass is 16.5. The summed E-state index contributed by atoms with van der Waals surface area (Å²) in [5, 5.41) is 0. The first-order valence-electron chi connectivity index (χ1n) is 6.45. The lowest BCUT2D eigenvalue weighted by Crippen LogP contribution is -2.38. The van der Waals surface area contributed by atoms with Gasteiger partial charge in [-0.2, -0.15) is 0 Å². The molecule has 5 nitrogen and oxygen atoms in total. The van der Waals surface area contributed by atoms with E-state index in [0.29, 0.717) is 17.3 Å². The zero-order valence-electron chi connectivity index (χ0n) is 11.0. The molecule has 1 aromatic rings. The van der Waals surface area contributed by atoms with Crippen LogP contribution in [0.15, 0.2) is 11.0 Å². The topological polar surface area (TPSA) is 81.0 Å². The van der Waals surface area contributed by atoms with Crippen molar-refractivity contribution in [3.05, 3.63) is 27.9 Å². The van der Waals surface area contributed by atoms with E-state index >= 15 is 0 Å². The Bertz CT molecular complexity index is 472. The van der Waals surface area contributed by atoms with E-state index in [2.05, 4.69) is 16.9 Å². The molecule has 1 aromatic heterocycles. The van der Waals surface area contributed by atoms with Gasteiger partial charge in [0, 0.05) is 25.4 Å². The molecular formula is C13H21N3O2. The number of nitrogens with zero attached hydrogens (tertiary/aromatic N) is 1. The molecule has 1 aliphatic rings. The minimum Gasteiger partial charge on any atom is -0.370 e. The minimum atomic E-state index is -0.441. The average Bonchev–Trinajstić information content (AvgIpc) is 2.38. The van der Waals surface area contributed by atoms with Gasteiger partial charge in [-0.05, 0) is 25.2 Å². The third kappa shape index (κ3) is 2.33. The summed E-state index contributed by atoms with van der Waals surface area (Å²) in [6, 6.07) is 0. The smallest absolute Gasteiger partial charge is 0.255 e. The maximum atomic E-state index is 11.8. The van der Waals surface area contributed by atoms with Gasteiger partial charge in [0.15, 0.2) is 0 Å². The van der Waals surface area contributed by atoms with Gasteiger partial charge in [0.2, 0.25) is 0 Å². The third-order valence-corrected chi connectivity index (χ3v) is 3.87. The summed E-state index contributed by atoms with van der Waals surface area (Å²) >= 11 is 0. The number of H-pyrrole nitrogens is 1. The monoisotopic (exact) mass is 251 g/mol. The molecule has 2 rings (SSSR count). The Labute approximate surface area is 107 Å². The highest BCUT2D eigenvalue weighted by molar-refractivity contribution is 5.11. The number of aromatic nitrogens is 2. The van der Waals surface area contributed by atoms with E-state index < -0.39 is 5.60 Å². The zero-order valence-corrected chi connectivity index (χ0v) is 11.0. The van der Waals surface area contributed by atoms with E-state index in [9.17, 15) is 4.79 Å². The minimum absolute atomic E-state index is 0.155. The van der Waals surface area contributed by atoms with Crippen LogP contribution in [0.5, 0.6) is 0 Å². The summed E-state index contributed by atoms with van der Waals surface area (Å²) < 4.78 is 5.70. The number of hydrogen-bond acceptors (Lipinski definition) is 4. The van der Waals surface area contributed by atoms with Gasteiger partial charge in [-0.3, -0.25) is 4.79 Å². The first-order chi connectivity index (χ1) is 8.61. The molecule has 3 N–H and O–H groups in total. The van der Waals surface area contributed by atoms with Crippen molar-refractivity contribution in [3.63, 3.8) is 0 Å². The number of rotatable bonds is 3. The zero-order chi connectivity index (χ0) is 13.2. The van der Waals surface area contributed by atoms with Gasteiger partial charge in [0.1, 0.15) is 11.4 Å². The van der Waals surface area contributed by atoms with E-state index in [1.54, 1.807) is 13.3 Å². The van der Waals surface area contributed by atoms with E-state index in [0.717, 1.165) is 19.3 Å². The SMILES string of the molecule is COC1(c2ncc(CN)c(=O)[nH]2)CCCC(C)C1. The van der Waals surface area contributed by atoms with E-state index in [1.165, 1.54) is 6.42 Å². The number of methoxy groups -OCH3 is 1. The van der Waals surface area contributed by atoms with Crippen LogP contribution < -0.4 is 11.3 Å². The molecule has 2 atom stereocenters. The van der Waals surface area contributed by atoms with Crippen molar-refractivity contribution in [2.75, 3.05) is 7.11 Å². The number of ether oxygens (including phenoxy) is 1. The molecular weight excluding hydrogens is 230 g/mol. The van der Waals surface area contributed by atoms with Crippen LogP contribution in [-0.4, -0.2) is 17.1 Å². The Morgan fingerprint density at radius 1 is 1.67 bits per heavy atom. The molecule has 2 unspecified atom stereocenters. The van der Waals surface area contributed by atoms with Crippen LogP contribution in [-0.2, 0) is 16.9 Å².